The van der Waals surface area contributed by atoms with Crippen LogP contribution in [0.25, 0.3) is 0 Å². The third-order valence-corrected chi connectivity index (χ3v) is 3.32. The summed E-state index contributed by atoms with van der Waals surface area (Å²) in [4.78, 5) is 10.6. The van der Waals surface area contributed by atoms with Crippen LogP contribution in [0.2, 0.25) is 0 Å². The normalized spacial score (nSPS) is 12.6. The highest BCUT2D eigenvalue weighted by Crippen LogP contribution is 2.13. The van der Waals surface area contributed by atoms with Crippen LogP contribution >= 0.6 is 0 Å². The summed E-state index contributed by atoms with van der Waals surface area (Å²) in [5, 5.41) is 8.67. The number of rotatable bonds is 8. The van der Waals surface area contributed by atoms with E-state index in [-0.39, 0.29) is 0 Å². The van der Waals surface area contributed by atoms with Crippen LogP contribution in [0.1, 0.15) is 44.2 Å². The highest BCUT2D eigenvalue weighted by Gasteiger charge is 2.10. The SMILES string of the molecule is CCc1cn(CCCC[C@H](N)C(=O)O)cc1CC. The second kappa shape index (κ2) is 7.21. The van der Waals surface area contributed by atoms with E-state index in [2.05, 4.69) is 30.8 Å². The van der Waals surface area contributed by atoms with E-state index in [9.17, 15) is 4.79 Å². The molecule has 3 N–H and O–H groups in total. The summed E-state index contributed by atoms with van der Waals surface area (Å²) in [5.74, 6) is -0.905. The van der Waals surface area contributed by atoms with Gasteiger partial charge in [0.1, 0.15) is 6.04 Å². The predicted octanol–water partition coefficient (Wildman–Crippen LogP) is 2.20. The lowest BCUT2D eigenvalue weighted by Gasteiger charge is -2.06. The maximum absolute atomic E-state index is 10.6. The van der Waals surface area contributed by atoms with Gasteiger partial charge in [0, 0.05) is 18.9 Å². The molecule has 0 unspecified atom stereocenters. The molecule has 0 aliphatic rings. The van der Waals surface area contributed by atoms with Crippen LogP contribution in [0.15, 0.2) is 12.4 Å². The third-order valence-electron chi connectivity index (χ3n) is 3.32. The Bertz CT molecular complexity index is 364. The Morgan fingerprint density at radius 3 is 2.28 bits per heavy atom. The number of carboxylic acids is 1. The zero-order valence-electron chi connectivity index (χ0n) is 11.4. The van der Waals surface area contributed by atoms with Gasteiger partial charge in [-0.25, -0.2) is 0 Å². The number of carboxylic acid groups (broad SMARTS) is 1. The van der Waals surface area contributed by atoms with Gasteiger partial charge in [0.25, 0.3) is 0 Å². The summed E-state index contributed by atoms with van der Waals surface area (Å²) in [6, 6.07) is -0.716. The zero-order chi connectivity index (χ0) is 13.5. The number of hydrogen-bond acceptors (Lipinski definition) is 2. The molecule has 4 heteroatoms. The second-order valence-corrected chi connectivity index (χ2v) is 4.69. The number of aryl methyl sites for hydroxylation is 3. The molecule has 4 nitrogen and oxygen atoms in total. The van der Waals surface area contributed by atoms with E-state index < -0.39 is 12.0 Å². The number of hydrogen-bond donors (Lipinski definition) is 2. The Morgan fingerprint density at radius 1 is 1.28 bits per heavy atom. The van der Waals surface area contributed by atoms with Gasteiger partial charge in [-0.2, -0.15) is 0 Å². The van der Waals surface area contributed by atoms with Crippen LogP contribution in [0, 0.1) is 0 Å². The fraction of sp³-hybridized carbons (Fsp3) is 0.643. The average Bonchev–Trinajstić information content (AvgIpc) is 2.76. The molecular formula is C14H24N2O2. The Hall–Kier alpha value is -1.29. The molecule has 1 aromatic rings. The van der Waals surface area contributed by atoms with Gasteiger partial charge in [-0.05, 0) is 43.2 Å². The minimum absolute atomic E-state index is 0.553. The maximum atomic E-state index is 10.6. The Morgan fingerprint density at radius 2 is 1.83 bits per heavy atom. The molecule has 0 spiro atoms. The van der Waals surface area contributed by atoms with Crippen LogP contribution < -0.4 is 5.73 Å². The van der Waals surface area contributed by atoms with Gasteiger partial charge in [0.2, 0.25) is 0 Å². The van der Waals surface area contributed by atoms with Crippen molar-refractivity contribution < 1.29 is 9.90 Å². The lowest BCUT2D eigenvalue weighted by atomic mass is 10.1. The van der Waals surface area contributed by atoms with E-state index >= 15 is 0 Å². The molecule has 1 rings (SSSR count). The molecule has 1 atom stereocenters. The summed E-state index contributed by atoms with van der Waals surface area (Å²) in [7, 11) is 0. The number of nitrogens with zero attached hydrogens (tertiary/aromatic N) is 1. The minimum atomic E-state index is -0.905. The first-order valence-corrected chi connectivity index (χ1v) is 6.74. The molecule has 0 aliphatic carbocycles. The summed E-state index contributed by atoms with van der Waals surface area (Å²) < 4.78 is 2.21. The Kier molecular flexibility index (Phi) is 5.92. The van der Waals surface area contributed by atoms with Crippen LogP contribution in [-0.4, -0.2) is 21.7 Å². The monoisotopic (exact) mass is 252 g/mol. The molecule has 0 amide bonds. The zero-order valence-corrected chi connectivity index (χ0v) is 11.4. The lowest BCUT2D eigenvalue weighted by molar-refractivity contribution is -0.138. The Labute approximate surface area is 109 Å². The summed E-state index contributed by atoms with van der Waals surface area (Å²) in [5.41, 5.74) is 8.29. The number of aromatic nitrogens is 1. The topological polar surface area (TPSA) is 68.2 Å². The van der Waals surface area contributed by atoms with E-state index in [0.29, 0.717) is 6.42 Å². The highest BCUT2D eigenvalue weighted by molar-refractivity contribution is 5.72. The first kappa shape index (κ1) is 14.8. The number of unbranched alkanes of at least 4 members (excludes halogenated alkanes) is 1. The highest BCUT2D eigenvalue weighted by atomic mass is 16.4. The number of carbonyl (C=O) groups is 1. The molecule has 1 heterocycles. The lowest BCUT2D eigenvalue weighted by Crippen LogP contribution is -2.29. The fourth-order valence-corrected chi connectivity index (χ4v) is 2.15. The molecule has 0 aliphatic heterocycles. The molecular weight excluding hydrogens is 228 g/mol. The summed E-state index contributed by atoms with van der Waals surface area (Å²) in [6.45, 7) is 5.29. The van der Waals surface area contributed by atoms with Gasteiger partial charge in [-0.1, -0.05) is 13.8 Å². The van der Waals surface area contributed by atoms with Gasteiger partial charge in [-0.15, -0.1) is 0 Å². The van der Waals surface area contributed by atoms with Crippen LogP contribution in [0.5, 0.6) is 0 Å². The van der Waals surface area contributed by atoms with Gasteiger partial charge < -0.3 is 15.4 Å². The maximum Gasteiger partial charge on any atom is 0.320 e. The summed E-state index contributed by atoms with van der Waals surface area (Å²) >= 11 is 0. The molecule has 1 aromatic heterocycles. The van der Waals surface area contributed by atoms with E-state index in [4.69, 9.17) is 10.8 Å². The largest absolute Gasteiger partial charge is 0.480 e. The smallest absolute Gasteiger partial charge is 0.320 e. The first-order chi connectivity index (χ1) is 8.58. The van der Waals surface area contributed by atoms with Crippen molar-refractivity contribution in [1.29, 1.82) is 0 Å². The first-order valence-electron chi connectivity index (χ1n) is 6.74. The number of nitrogens with two attached hydrogens (primary N) is 1. The predicted molar refractivity (Wildman–Crippen MR) is 72.7 cm³/mol. The molecule has 0 radical (unpaired) electrons. The van der Waals surface area contributed by atoms with Crippen molar-refractivity contribution in [3.63, 3.8) is 0 Å². The van der Waals surface area contributed by atoms with Crippen LogP contribution in [-0.2, 0) is 24.2 Å². The number of aliphatic carboxylic acids is 1. The van der Waals surface area contributed by atoms with E-state index in [1.165, 1.54) is 11.1 Å². The van der Waals surface area contributed by atoms with Crippen molar-refractivity contribution in [3.05, 3.63) is 23.5 Å². The van der Waals surface area contributed by atoms with E-state index in [1.54, 1.807) is 0 Å². The van der Waals surface area contributed by atoms with Crippen LogP contribution in [0.4, 0.5) is 0 Å². The molecule has 0 fully saturated rings. The van der Waals surface area contributed by atoms with E-state index in [1.807, 2.05) is 0 Å². The second-order valence-electron chi connectivity index (χ2n) is 4.69. The molecule has 0 aromatic carbocycles. The van der Waals surface area contributed by atoms with Gasteiger partial charge in [0.15, 0.2) is 0 Å². The molecule has 0 saturated carbocycles. The standard InChI is InChI=1S/C14H24N2O2/c1-3-11-9-16(10-12(11)4-2)8-6-5-7-13(15)14(17)18/h9-10,13H,3-8,15H2,1-2H3,(H,17,18)/t13-/m0/s1. The third kappa shape index (κ3) is 4.18. The summed E-state index contributed by atoms with van der Waals surface area (Å²) in [6.07, 6.45) is 8.93. The molecule has 102 valence electrons. The molecule has 0 saturated heterocycles. The van der Waals surface area contributed by atoms with Crippen molar-refractivity contribution in [2.24, 2.45) is 5.73 Å². The fourth-order valence-electron chi connectivity index (χ4n) is 2.15. The average molecular weight is 252 g/mol. The van der Waals surface area contributed by atoms with Crippen molar-refractivity contribution >= 4 is 5.97 Å². The molecule has 0 bridgehead atoms. The quantitative estimate of drug-likeness (QED) is 0.697. The van der Waals surface area contributed by atoms with E-state index in [0.717, 1.165) is 32.2 Å². The van der Waals surface area contributed by atoms with Crippen LogP contribution in [0.3, 0.4) is 0 Å². The minimum Gasteiger partial charge on any atom is -0.480 e. The Balaban J connectivity index is 2.35. The van der Waals surface area contributed by atoms with Gasteiger partial charge in [0.05, 0.1) is 0 Å². The van der Waals surface area contributed by atoms with Crippen molar-refractivity contribution in [3.8, 4) is 0 Å². The van der Waals surface area contributed by atoms with Crippen molar-refractivity contribution in [1.82, 2.24) is 4.57 Å². The van der Waals surface area contributed by atoms with Gasteiger partial charge >= 0.3 is 5.97 Å². The van der Waals surface area contributed by atoms with Crippen molar-refractivity contribution in [2.75, 3.05) is 0 Å². The van der Waals surface area contributed by atoms with Gasteiger partial charge in [-0.3, -0.25) is 4.79 Å². The molecule has 18 heavy (non-hydrogen) atoms. The van der Waals surface area contributed by atoms with Crippen molar-refractivity contribution in [2.45, 2.75) is 58.5 Å².